The molecule has 1 saturated heterocycles. The highest BCUT2D eigenvalue weighted by Crippen LogP contribution is 2.30. The average Bonchev–Trinajstić information content (AvgIpc) is 3.45. The summed E-state index contributed by atoms with van der Waals surface area (Å²) in [6.45, 7) is 6.56. The molecular weight excluding hydrogens is 595 g/mol. The summed E-state index contributed by atoms with van der Waals surface area (Å²) in [5.41, 5.74) is 0.886. The van der Waals surface area contributed by atoms with Crippen molar-refractivity contribution in [1.29, 1.82) is 0 Å². The second-order valence-corrected chi connectivity index (χ2v) is 13.8. The van der Waals surface area contributed by atoms with Crippen molar-refractivity contribution in [2.24, 2.45) is 5.92 Å². The van der Waals surface area contributed by atoms with Crippen LogP contribution in [0.5, 0.6) is 0 Å². The first kappa shape index (κ1) is 32.2. The number of carbonyl (C=O) groups is 2. The fraction of sp³-hybridized carbons (Fsp3) is 0.419. The Morgan fingerprint density at radius 3 is 2.40 bits per heavy atom. The summed E-state index contributed by atoms with van der Waals surface area (Å²) in [5, 5.41) is 11.7. The van der Waals surface area contributed by atoms with Gasteiger partial charge in [0.15, 0.2) is 0 Å². The third-order valence-corrected chi connectivity index (χ3v) is 9.54. The summed E-state index contributed by atoms with van der Waals surface area (Å²) < 4.78 is 28.2. The Bertz CT molecular complexity index is 1500. The van der Waals surface area contributed by atoms with Crippen LogP contribution in [0.2, 0.25) is 10.0 Å². The molecule has 0 saturated carbocycles. The second kappa shape index (κ2) is 14.7. The van der Waals surface area contributed by atoms with Gasteiger partial charge in [-0.3, -0.25) is 9.59 Å². The number of halogens is 2. The van der Waals surface area contributed by atoms with Crippen molar-refractivity contribution >= 4 is 55.8 Å². The molecule has 8 nitrogen and oxygen atoms in total. The van der Waals surface area contributed by atoms with E-state index in [1.807, 2.05) is 42.5 Å². The molecule has 2 atom stereocenters. The summed E-state index contributed by atoms with van der Waals surface area (Å²) in [4.78, 5) is 26.9. The highest BCUT2D eigenvalue weighted by molar-refractivity contribution is 7.89. The van der Waals surface area contributed by atoms with E-state index in [1.54, 1.807) is 0 Å². The molecule has 2 amide bonds. The van der Waals surface area contributed by atoms with Gasteiger partial charge in [-0.1, -0.05) is 79.5 Å². The number of nitrogens with one attached hydrogen (secondary N) is 3. The highest BCUT2D eigenvalue weighted by Gasteiger charge is 2.40. The van der Waals surface area contributed by atoms with Gasteiger partial charge in [0, 0.05) is 29.6 Å². The minimum Gasteiger partial charge on any atom is -0.354 e. The van der Waals surface area contributed by atoms with E-state index in [9.17, 15) is 18.0 Å². The molecule has 1 aliphatic rings. The SMILES string of the molecule is CC(C)CNCCCNC(=O)C(Cc1ccc2ccccc2c1)NC(=O)C1CCCN1S(=O)(=O)c1cc(Cl)cc(Cl)c1. The summed E-state index contributed by atoms with van der Waals surface area (Å²) in [5.74, 6) is -0.283. The van der Waals surface area contributed by atoms with E-state index in [0.717, 1.165) is 35.8 Å². The first-order chi connectivity index (χ1) is 20.0. The van der Waals surface area contributed by atoms with Crippen LogP contribution in [0.3, 0.4) is 0 Å². The van der Waals surface area contributed by atoms with Crippen molar-refractivity contribution in [2.75, 3.05) is 26.2 Å². The van der Waals surface area contributed by atoms with Crippen LogP contribution in [-0.4, -0.2) is 62.8 Å². The Kier molecular flexibility index (Phi) is 11.3. The Morgan fingerprint density at radius 2 is 1.69 bits per heavy atom. The maximum atomic E-state index is 13.6. The lowest BCUT2D eigenvalue weighted by molar-refractivity contribution is -0.130. The third kappa shape index (κ3) is 8.45. The quantitative estimate of drug-likeness (QED) is 0.235. The lowest BCUT2D eigenvalue weighted by Gasteiger charge is -2.26. The topological polar surface area (TPSA) is 108 Å². The summed E-state index contributed by atoms with van der Waals surface area (Å²) in [6, 6.07) is 16.1. The van der Waals surface area contributed by atoms with Gasteiger partial charge in [0.2, 0.25) is 21.8 Å². The molecule has 0 radical (unpaired) electrons. The zero-order valence-corrected chi connectivity index (χ0v) is 26.2. The molecule has 2 unspecified atom stereocenters. The highest BCUT2D eigenvalue weighted by atomic mass is 35.5. The van der Waals surface area contributed by atoms with E-state index in [-0.39, 0.29) is 33.8 Å². The van der Waals surface area contributed by atoms with Gasteiger partial charge in [0.1, 0.15) is 12.1 Å². The average molecular weight is 634 g/mol. The van der Waals surface area contributed by atoms with E-state index in [0.29, 0.717) is 25.3 Å². The Hall–Kier alpha value is -2.69. The van der Waals surface area contributed by atoms with Gasteiger partial charge in [-0.05, 0) is 72.8 Å². The molecule has 1 fully saturated rings. The number of fused-ring (bicyclic) bond motifs is 1. The predicted molar refractivity (Wildman–Crippen MR) is 168 cm³/mol. The zero-order chi connectivity index (χ0) is 30.3. The Labute approximate surface area is 258 Å². The number of sulfonamides is 1. The van der Waals surface area contributed by atoms with Gasteiger partial charge in [-0.2, -0.15) is 4.31 Å². The molecule has 1 heterocycles. The van der Waals surface area contributed by atoms with Crippen LogP contribution in [0.1, 0.15) is 38.7 Å². The number of benzene rings is 3. The van der Waals surface area contributed by atoms with Crippen LogP contribution in [0.25, 0.3) is 10.8 Å². The van der Waals surface area contributed by atoms with E-state index in [4.69, 9.17) is 23.2 Å². The van der Waals surface area contributed by atoms with Crippen molar-refractivity contribution in [3.63, 3.8) is 0 Å². The molecule has 3 aromatic rings. The summed E-state index contributed by atoms with van der Waals surface area (Å²) in [6.07, 6.45) is 1.85. The number of hydrogen-bond donors (Lipinski definition) is 3. The third-order valence-electron chi connectivity index (χ3n) is 7.22. The van der Waals surface area contributed by atoms with E-state index < -0.39 is 28.0 Å². The Morgan fingerprint density at radius 1 is 0.976 bits per heavy atom. The minimum absolute atomic E-state index is 0.0729. The molecule has 1 aliphatic heterocycles. The van der Waals surface area contributed by atoms with Crippen LogP contribution in [0, 0.1) is 5.92 Å². The molecule has 0 aliphatic carbocycles. The van der Waals surface area contributed by atoms with E-state index in [2.05, 4.69) is 29.8 Å². The van der Waals surface area contributed by atoms with Gasteiger partial charge in [0.05, 0.1) is 4.90 Å². The molecule has 3 aromatic carbocycles. The molecule has 0 spiro atoms. The molecule has 0 bridgehead atoms. The van der Waals surface area contributed by atoms with Crippen LogP contribution in [-0.2, 0) is 26.0 Å². The zero-order valence-electron chi connectivity index (χ0n) is 23.9. The van der Waals surface area contributed by atoms with Crippen molar-refractivity contribution in [3.8, 4) is 0 Å². The molecule has 42 heavy (non-hydrogen) atoms. The van der Waals surface area contributed by atoms with Crippen LogP contribution in [0.15, 0.2) is 65.6 Å². The first-order valence-corrected chi connectivity index (χ1v) is 16.5. The van der Waals surface area contributed by atoms with Crippen LogP contribution in [0.4, 0.5) is 0 Å². The summed E-state index contributed by atoms with van der Waals surface area (Å²) >= 11 is 12.1. The number of carbonyl (C=O) groups excluding carboxylic acids is 2. The van der Waals surface area contributed by atoms with E-state index >= 15 is 0 Å². The maximum Gasteiger partial charge on any atom is 0.243 e. The van der Waals surface area contributed by atoms with Crippen molar-refractivity contribution in [2.45, 2.75) is 56.5 Å². The van der Waals surface area contributed by atoms with Crippen LogP contribution >= 0.6 is 23.2 Å². The van der Waals surface area contributed by atoms with Gasteiger partial charge >= 0.3 is 0 Å². The van der Waals surface area contributed by atoms with Gasteiger partial charge in [-0.25, -0.2) is 8.42 Å². The standard InChI is InChI=1S/C31H38Cl2N4O4S/c1-21(2)20-34-12-6-13-35-30(38)28(16-22-10-11-23-7-3-4-8-24(23)15-22)36-31(39)29-9-5-14-37(29)42(40,41)27-18-25(32)17-26(33)19-27/h3-4,7-8,10-11,15,17-19,21,28-29,34H,5-6,9,12-14,16,20H2,1-2H3,(H,35,38)(H,36,39). The molecule has 4 rings (SSSR count). The molecule has 0 aromatic heterocycles. The fourth-order valence-electron chi connectivity index (χ4n) is 5.12. The minimum atomic E-state index is -4.05. The number of hydrogen-bond acceptors (Lipinski definition) is 5. The molecule has 11 heteroatoms. The maximum absolute atomic E-state index is 13.6. The Balaban J connectivity index is 1.50. The second-order valence-electron chi connectivity index (χ2n) is 11.1. The fourth-order valence-corrected chi connectivity index (χ4v) is 7.50. The van der Waals surface area contributed by atoms with Gasteiger partial charge < -0.3 is 16.0 Å². The lowest BCUT2D eigenvalue weighted by Crippen LogP contribution is -2.54. The van der Waals surface area contributed by atoms with Crippen molar-refractivity contribution in [3.05, 3.63) is 76.3 Å². The smallest absolute Gasteiger partial charge is 0.243 e. The lowest BCUT2D eigenvalue weighted by atomic mass is 10.0. The normalized spacial score (nSPS) is 16.5. The number of amides is 2. The van der Waals surface area contributed by atoms with Crippen molar-refractivity contribution < 1.29 is 18.0 Å². The largest absolute Gasteiger partial charge is 0.354 e. The van der Waals surface area contributed by atoms with Gasteiger partial charge in [-0.15, -0.1) is 0 Å². The first-order valence-electron chi connectivity index (χ1n) is 14.3. The van der Waals surface area contributed by atoms with Gasteiger partial charge in [0.25, 0.3) is 0 Å². The van der Waals surface area contributed by atoms with Crippen molar-refractivity contribution in [1.82, 2.24) is 20.3 Å². The molecular formula is C31H38Cl2N4O4S. The van der Waals surface area contributed by atoms with E-state index in [1.165, 1.54) is 22.5 Å². The summed E-state index contributed by atoms with van der Waals surface area (Å²) in [7, 11) is -4.05. The molecule has 226 valence electrons. The predicted octanol–water partition coefficient (Wildman–Crippen LogP) is 4.78. The number of rotatable bonds is 13. The monoisotopic (exact) mass is 632 g/mol. The number of nitrogens with zero attached hydrogens (tertiary/aromatic N) is 1. The van der Waals surface area contributed by atoms with Crippen LogP contribution < -0.4 is 16.0 Å². The molecule has 3 N–H and O–H groups in total.